The molecule has 6 nitrogen and oxygen atoms in total. The summed E-state index contributed by atoms with van der Waals surface area (Å²) in [6, 6.07) is 2.77. The first kappa shape index (κ1) is 12.3. The van der Waals surface area contributed by atoms with Gasteiger partial charge in [0.2, 0.25) is 10.0 Å². The summed E-state index contributed by atoms with van der Waals surface area (Å²) in [7, 11) is -3.62. The molecule has 0 aliphatic carbocycles. The average molecular weight is 257 g/mol. The highest BCUT2D eigenvalue weighted by Crippen LogP contribution is 2.19. The van der Waals surface area contributed by atoms with Gasteiger partial charge < -0.3 is 10.5 Å². The van der Waals surface area contributed by atoms with Crippen molar-refractivity contribution in [3.8, 4) is 0 Å². The summed E-state index contributed by atoms with van der Waals surface area (Å²) >= 11 is 0. The number of hydrogen-bond acceptors (Lipinski definition) is 5. The second kappa shape index (κ2) is 4.59. The van der Waals surface area contributed by atoms with E-state index >= 15 is 0 Å². The Morgan fingerprint density at radius 1 is 1.59 bits per heavy atom. The van der Waals surface area contributed by atoms with Crippen LogP contribution in [0.2, 0.25) is 0 Å². The molecule has 1 aromatic rings. The van der Waals surface area contributed by atoms with Gasteiger partial charge in [-0.05, 0) is 25.5 Å². The molecular weight excluding hydrogens is 242 g/mol. The van der Waals surface area contributed by atoms with Gasteiger partial charge in [0.25, 0.3) is 0 Å². The summed E-state index contributed by atoms with van der Waals surface area (Å²) in [6.45, 7) is 2.41. The SMILES string of the molecule is CC1OCCC1NS(=O)(=O)c1cccnc1N. The van der Waals surface area contributed by atoms with Crippen molar-refractivity contribution in [3.05, 3.63) is 18.3 Å². The molecule has 94 valence electrons. The Kier molecular flexibility index (Phi) is 3.32. The van der Waals surface area contributed by atoms with E-state index in [1.807, 2.05) is 6.92 Å². The zero-order valence-corrected chi connectivity index (χ0v) is 10.3. The molecule has 1 fully saturated rings. The minimum absolute atomic E-state index is 0.00608. The number of nitrogens with zero attached hydrogens (tertiary/aromatic N) is 1. The van der Waals surface area contributed by atoms with E-state index in [4.69, 9.17) is 10.5 Å². The maximum absolute atomic E-state index is 12.1. The first-order chi connectivity index (χ1) is 8.00. The number of sulfonamides is 1. The van der Waals surface area contributed by atoms with Crippen LogP contribution in [0.4, 0.5) is 5.82 Å². The van der Waals surface area contributed by atoms with Crippen LogP contribution in [0.25, 0.3) is 0 Å². The molecule has 17 heavy (non-hydrogen) atoms. The van der Waals surface area contributed by atoms with E-state index in [0.717, 1.165) is 0 Å². The lowest BCUT2D eigenvalue weighted by Gasteiger charge is -2.16. The number of nitrogens with two attached hydrogens (primary N) is 1. The van der Waals surface area contributed by atoms with Crippen LogP contribution in [0.3, 0.4) is 0 Å². The van der Waals surface area contributed by atoms with Crippen LogP contribution in [0, 0.1) is 0 Å². The summed E-state index contributed by atoms with van der Waals surface area (Å²) in [6.07, 6.45) is 2.00. The molecule has 2 unspecified atom stereocenters. The quantitative estimate of drug-likeness (QED) is 0.802. The Hall–Kier alpha value is -1.18. The maximum Gasteiger partial charge on any atom is 0.244 e. The summed E-state index contributed by atoms with van der Waals surface area (Å²) < 4.78 is 32.0. The number of nitrogens with one attached hydrogen (secondary N) is 1. The van der Waals surface area contributed by atoms with Crippen LogP contribution in [0.15, 0.2) is 23.2 Å². The lowest BCUT2D eigenvalue weighted by molar-refractivity contribution is 0.117. The van der Waals surface area contributed by atoms with Crippen LogP contribution in [-0.4, -0.2) is 32.2 Å². The van der Waals surface area contributed by atoms with Crippen molar-refractivity contribution in [2.45, 2.75) is 30.4 Å². The molecule has 0 amide bonds. The second-order valence-electron chi connectivity index (χ2n) is 3.98. The fraction of sp³-hybridized carbons (Fsp3) is 0.500. The Labute approximate surface area is 100 Å². The van der Waals surface area contributed by atoms with Gasteiger partial charge in [-0.2, -0.15) is 0 Å². The van der Waals surface area contributed by atoms with E-state index < -0.39 is 10.0 Å². The minimum Gasteiger partial charge on any atom is -0.383 e. The average Bonchev–Trinajstić information content (AvgIpc) is 2.64. The Balaban J connectivity index is 2.22. The van der Waals surface area contributed by atoms with Gasteiger partial charge >= 0.3 is 0 Å². The Morgan fingerprint density at radius 2 is 2.35 bits per heavy atom. The van der Waals surface area contributed by atoms with Crippen molar-refractivity contribution in [2.75, 3.05) is 12.3 Å². The number of pyridine rings is 1. The number of rotatable bonds is 3. The molecule has 0 radical (unpaired) electrons. The first-order valence-electron chi connectivity index (χ1n) is 5.35. The van der Waals surface area contributed by atoms with Crippen LogP contribution in [-0.2, 0) is 14.8 Å². The third-order valence-electron chi connectivity index (χ3n) is 2.77. The largest absolute Gasteiger partial charge is 0.383 e. The normalized spacial score (nSPS) is 25.0. The number of hydrogen-bond donors (Lipinski definition) is 2. The van der Waals surface area contributed by atoms with Crippen molar-refractivity contribution in [1.82, 2.24) is 9.71 Å². The smallest absolute Gasteiger partial charge is 0.244 e. The summed E-state index contributed by atoms with van der Waals surface area (Å²) in [5, 5.41) is 0. The lowest BCUT2D eigenvalue weighted by Crippen LogP contribution is -2.39. The van der Waals surface area contributed by atoms with Crippen molar-refractivity contribution >= 4 is 15.8 Å². The molecule has 0 spiro atoms. The topological polar surface area (TPSA) is 94.3 Å². The van der Waals surface area contributed by atoms with Gasteiger partial charge in [0.1, 0.15) is 10.7 Å². The van der Waals surface area contributed by atoms with Gasteiger partial charge in [-0.3, -0.25) is 0 Å². The summed E-state index contributed by atoms with van der Waals surface area (Å²) in [4.78, 5) is 3.78. The zero-order chi connectivity index (χ0) is 12.5. The molecule has 2 atom stereocenters. The third kappa shape index (κ3) is 2.56. The van der Waals surface area contributed by atoms with Crippen molar-refractivity contribution in [3.63, 3.8) is 0 Å². The summed E-state index contributed by atoms with van der Waals surface area (Å²) in [5.74, 6) is 0.00608. The number of aromatic nitrogens is 1. The Morgan fingerprint density at radius 3 is 2.94 bits per heavy atom. The van der Waals surface area contributed by atoms with Crippen LogP contribution < -0.4 is 10.5 Å². The highest BCUT2D eigenvalue weighted by Gasteiger charge is 2.30. The molecule has 3 N–H and O–H groups in total. The van der Waals surface area contributed by atoms with Crippen LogP contribution >= 0.6 is 0 Å². The van der Waals surface area contributed by atoms with E-state index in [2.05, 4.69) is 9.71 Å². The molecule has 0 bridgehead atoms. The number of anilines is 1. The van der Waals surface area contributed by atoms with Gasteiger partial charge in [0.15, 0.2) is 0 Å². The molecule has 2 rings (SSSR count). The molecule has 0 aromatic carbocycles. The molecule has 1 aliphatic heterocycles. The molecular formula is C10H15N3O3S. The van der Waals surface area contributed by atoms with E-state index in [0.29, 0.717) is 13.0 Å². The molecule has 7 heteroatoms. The predicted molar refractivity (Wildman–Crippen MR) is 62.8 cm³/mol. The molecule has 1 aliphatic rings. The van der Waals surface area contributed by atoms with Gasteiger partial charge in [-0.15, -0.1) is 0 Å². The maximum atomic E-state index is 12.1. The number of ether oxygens (including phenoxy) is 1. The Bertz CT molecular complexity index is 503. The van der Waals surface area contributed by atoms with Crippen LogP contribution in [0.1, 0.15) is 13.3 Å². The molecule has 2 heterocycles. The third-order valence-corrected chi connectivity index (χ3v) is 4.31. The second-order valence-corrected chi connectivity index (χ2v) is 5.66. The molecule has 0 saturated carbocycles. The predicted octanol–water partition coefficient (Wildman–Crippen LogP) is 0.119. The monoisotopic (exact) mass is 257 g/mol. The van der Waals surface area contributed by atoms with Gasteiger partial charge in [-0.1, -0.05) is 0 Å². The standard InChI is InChI=1S/C10H15N3O3S/c1-7-8(4-6-16-7)13-17(14,15)9-3-2-5-12-10(9)11/h2-3,5,7-8,13H,4,6H2,1H3,(H2,11,12). The lowest BCUT2D eigenvalue weighted by atomic mass is 10.2. The van der Waals surface area contributed by atoms with Gasteiger partial charge in [-0.25, -0.2) is 18.1 Å². The van der Waals surface area contributed by atoms with E-state index in [-0.39, 0.29) is 22.9 Å². The fourth-order valence-electron chi connectivity index (χ4n) is 1.78. The van der Waals surface area contributed by atoms with Gasteiger partial charge in [0, 0.05) is 12.8 Å². The highest BCUT2D eigenvalue weighted by molar-refractivity contribution is 7.89. The highest BCUT2D eigenvalue weighted by atomic mass is 32.2. The van der Waals surface area contributed by atoms with E-state index in [1.165, 1.54) is 12.3 Å². The van der Waals surface area contributed by atoms with Crippen molar-refractivity contribution in [2.24, 2.45) is 0 Å². The molecule has 1 saturated heterocycles. The summed E-state index contributed by atoms with van der Waals surface area (Å²) in [5.41, 5.74) is 5.55. The van der Waals surface area contributed by atoms with E-state index in [9.17, 15) is 8.42 Å². The van der Waals surface area contributed by atoms with E-state index in [1.54, 1.807) is 6.07 Å². The van der Waals surface area contributed by atoms with Gasteiger partial charge in [0.05, 0.1) is 12.1 Å². The molecule has 1 aromatic heterocycles. The number of nitrogen functional groups attached to an aromatic ring is 1. The first-order valence-corrected chi connectivity index (χ1v) is 6.83. The minimum atomic E-state index is -3.62. The van der Waals surface area contributed by atoms with Crippen molar-refractivity contribution < 1.29 is 13.2 Å². The fourth-order valence-corrected chi connectivity index (χ4v) is 3.20. The van der Waals surface area contributed by atoms with Crippen LogP contribution in [0.5, 0.6) is 0 Å². The van der Waals surface area contributed by atoms with Crippen molar-refractivity contribution in [1.29, 1.82) is 0 Å². The zero-order valence-electron chi connectivity index (χ0n) is 9.46.